The highest BCUT2D eigenvalue weighted by molar-refractivity contribution is 5.97. The molecule has 0 aliphatic heterocycles. The van der Waals surface area contributed by atoms with Crippen LogP contribution in [0.1, 0.15) is 25.0 Å². The lowest BCUT2D eigenvalue weighted by atomic mass is 9.95. The van der Waals surface area contributed by atoms with Crippen LogP contribution >= 0.6 is 0 Å². The lowest BCUT2D eigenvalue weighted by molar-refractivity contribution is -0.148. The van der Waals surface area contributed by atoms with Gasteiger partial charge in [-0.25, -0.2) is 4.68 Å². The average Bonchev–Trinajstić information content (AvgIpc) is 3.23. The molecule has 2 unspecified atom stereocenters. The number of hydrogen-bond acceptors (Lipinski definition) is 4. The van der Waals surface area contributed by atoms with Crippen LogP contribution < -0.4 is 5.32 Å². The summed E-state index contributed by atoms with van der Waals surface area (Å²) in [5.74, 6) is -1.14. The summed E-state index contributed by atoms with van der Waals surface area (Å²) in [6.07, 6.45) is 4.12. The van der Waals surface area contributed by atoms with Gasteiger partial charge in [0.1, 0.15) is 0 Å². The summed E-state index contributed by atoms with van der Waals surface area (Å²) >= 11 is 0. The fourth-order valence-corrected chi connectivity index (χ4v) is 3.26. The second-order valence-corrected chi connectivity index (χ2v) is 6.08. The van der Waals surface area contributed by atoms with Crippen molar-refractivity contribution in [2.75, 3.05) is 12.4 Å². The number of carbonyl (C=O) groups excluding carboxylic acids is 2. The van der Waals surface area contributed by atoms with E-state index >= 15 is 0 Å². The molecule has 24 heavy (non-hydrogen) atoms. The van der Waals surface area contributed by atoms with Gasteiger partial charge < -0.3 is 10.1 Å². The molecule has 2 atom stereocenters. The minimum Gasteiger partial charge on any atom is -0.469 e. The van der Waals surface area contributed by atoms with Gasteiger partial charge in [0.15, 0.2) is 0 Å². The van der Waals surface area contributed by atoms with E-state index in [1.165, 1.54) is 7.11 Å². The zero-order valence-electron chi connectivity index (χ0n) is 13.9. The predicted octanol–water partition coefficient (Wildman–Crippen LogP) is 2.71. The molecular formula is C18H21N3O3. The largest absolute Gasteiger partial charge is 0.469 e. The summed E-state index contributed by atoms with van der Waals surface area (Å²) in [5.41, 5.74) is 2.38. The van der Waals surface area contributed by atoms with Crippen LogP contribution in [-0.2, 0) is 14.3 Å². The molecule has 0 bridgehead atoms. The van der Waals surface area contributed by atoms with Gasteiger partial charge in [0.2, 0.25) is 5.91 Å². The van der Waals surface area contributed by atoms with Crippen molar-refractivity contribution in [2.24, 2.45) is 11.8 Å². The highest BCUT2D eigenvalue weighted by Crippen LogP contribution is 2.34. The fraction of sp³-hybridized carbons (Fsp3) is 0.389. The van der Waals surface area contributed by atoms with Crippen LogP contribution in [0, 0.1) is 18.8 Å². The molecule has 6 nitrogen and oxygen atoms in total. The van der Waals surface area contributed by atoms with Crippen LogP contribution in [0.2, 0.25) is 0 Å². The zero-order chi connectivity index (χ0) is 17.1. The van der Waals surface area contributed by atoms with Crippen molar-refractivity contribution >= 4 is 17.6 Å². The third-order valence-corrected chi connectivity index (χ3v) is 4.49. The van der Waals surface area contributed by atoms with Crippen LogP contribution in [0.5, 0.6) is 0 Å². The van der Waals surface area contributed by atoms with E-state index in [-0.39, 0.29) is 23.7 Å². The lowest BCUT2D eigenvalue weighted by Gasteiger charge is -2.18. The van der Waals surface area contributed by atoms with E-state index in [0.717, 1.165) is 17.8 Å². The Labute approximate surface area is 140 Å². The van der Waals surface area contributed by atoms with Crippen molar-refractivity contribution in [2.45, 2.75) is 26.2 Å². The minimum atomic E-state index is -0.353. The van der Waals surface area contributed by atoms with E-state index in [1.807, 2.05) is 43.5 Å². The number of amides is 1. The van der Waals surface area contributed by atoms with Crippen LogP contribution in [0.4, 0.5) is 5.69 Å². The molecule has 1 heterocycles. The molecule has 1 saturated carbocycles. The monoisotopic (exact) mass is 327 g/mol. The smallest absolute Gasteiger partial charge is 0.309 e. The first kappa shape index (κ1) is 16.2. The molecule has 6 heteroatoms. The molecule has 0 spiro atoms. The van der Waals surface area contributed by atoms with Crippen molar-refractivity contribution < 1.29 is 14.3 Å². The van der Waals surface area contributed by atoms with Crippen LogP contribution in [0.25, 0.3) is 5.69 Å². The van der Waals surface area contributed by atoms with E-state index < -0.39 is 0 Å². The van der Waals surface area contributed by atoms with Crippen LogP contribution in [-0.4, -0.2) is 28.8 Å². The predicted molar refractivity (Wildman–Crippen MR) is 89.8 cm³/mol. The zero-order valence-corrected chi connectivity index (χ0v) is 13.9. The van der Waals surface area contributed by atoms with Gasteiger partial charge in [-0.2, -0.15) is 5.10 Å². The maximum atomic E-state index is 12.7. The maximum Gasteiger partial charge on any atom is 0.309 e. The molecule has 2 aromatic rings. The summed E-state index contributed by atoms with van der Waals surface area (Å²) < 4.78 is 6.56. The number of rotatable bonds is 4. The second kappa shape index (κ2) is 6.86. The van der Waals surface area contributed by atoms with Crippen LogP contribution in [0.3, 0.4) is 0 Å². The van der Waals surface area contributed by atoms with Crippen molar-refractivity contribution in [1.29, 1.82) is 0 Å². The molecular weight excluding hydrogens is 306 g/mol. The van der Waals surface area contributed by atoms with E-state index in [4.69, 9.17) is 4.74 Å². The van der Waals surface area contributed by atoms with Gasteiger partial charge in [0.05, 0.1) is 36.0 Å². The Kier molecular flexibility index (Phi) is 4.64. The van der Waals surface area contributed by atoms with Gasteiger partial charge >= 0.3 is 5.97 Å². The number of carbonyl (C=O) groups is 2. The summed E-state index contributed by atoms with van der Waals surface area (Å²) in [7, 11) is 1.37. The first-order chi connectivity index (χ1) is 11.6. The number of nitrogens with zero attached hydrogens (tertiary/aromatic N) is 2. The van der Waals surface area contributed by atoms with E-state index in [1.54, 1.807) is 4.68 Å². The molecule has 1 aromatic heterocycles. The Balaban J connectivity index is 1.81. The Morgan fingerprint density at radius 3 is 2.67 bits per heavy atom. The van der Waals surface area contributed by atoms with Crippen LogP contribution in [0.15, 0.2) is 36.5 Å². The number of aryl methyl sites for hydroxylation is 1. The standard InChI is InChI=1S/C18H21N3O3/c1-12-10-11-21(20-12)16-9-4-3-8-15(16)19-17(22)13-6-5-7-14(13)18(23)24-2/h3-4,8-11,13-14H,5-7H2,1-2H3,(H,19,22). The molecule has 1 N–H and O–H groups in total. The van der Waals surface area contributed by atoms with Gasteiger partial charge in [-0.15, -0.1) is 0 Å². The van der Waals surface area contributed by atoms with Gasteiger partial charge in [0, 0.05) is 6.20 Å². The number of aromatic nitrogens is 2. The summed E-state index contributed by atoms with van der Waals surface area (Å²) in [4.78, 5) is 24.5. The van der Waals surface area contributed by atoms with Gasteiger partial charge in [-0.1, -0.05) is 18.6 Å². The molecule has 1 fully saturated rings. The summed E-state index contributed by atoms with van der Waals surface area (Å²) in [6, 6.07) is 9.40. The number of ether oxygens (including phenoxy) is 1. The molecule has 1 aliphatic carbocycles. The number of hydrogen-bond donors (Lipinski definition) is 1. The number of benzene rings is 1. The first-order valence-electron chi connectivity index (χ1n) is 8.10. The summed E-state index contributed by atoms with van der Waals surface area (Å²) in [5, 5.41) is 7.36. The van der Waals surface area contributed by atoms with E-state index in [0.29, 0.717) is 18.5 Å². The van der Waals surface area contributed by atoms with Crippen molar-refractivity contribution in [3.05, 3.63) is 42.2 Å². The number of nitrogens with one attached hydrogen (secondary N) is 1. The quantitative estimate of drug-likeness (QED) is 0.876. The summed E-state index contributed by atoms with van der Waals surface area (Å²) in [6.45, 7) is 1.91. The van der Waals surface area contributed by atoms with Gasteiger partial charge in [0.25, 0.3) is 0 Å². The Hall–Kier alpha value is -2.63. The molecule has 1 aliphatic rings. The third kappa shape index (κ3) is 3.18. The SMILES string of the molecule is COC(=O)C1CCCC1C(=O)Nc1ccccc1-n1ccc(C)n1. The Morgan fingerprint density at radius 1 is 1.21 bits per heavy atom. The van der Waals surface area contributed by atoms with Gasteiger partial charge in [-0.05, 0) is 38.0 Å². The third-order valence-electron chi connectivity index (χ3n) is 4.49. The van der Waals surface area contributed by atoms with E-state index in [2.05, 4.69) is 10.4 Å². The molecule has 3 rings (SSSR count). The highest BCUT2D eigenvalue weighted by Gasteiger charge is 2.38. The van der Waals surface area contributed by atoms with E-state index in [9.17, 15) is 9.59 Å². The van der Waals surface area contributed by atoms with Crippen molar-refractivity contribution in [3.8, 4) is 5.69 Å². The van der Waals surface area contributed by atoms with Gasteiger partial charge in [-0.3, -0.25) is 9.59 Å². The molecule has 0 saturated heterocycles. The Bertz CT molecular complexity index is 753. The van der Waals surface area contributed by atoms with Crippen molar-refractivity contribution in [1.82, 2.24) is 9.78 Å². The molecule has 1 aromatic carbocycles. The number of anilines is 1. The maximum absolute atomic E-state index is 12.7. The number of methoxy groups -OCH3 is 1. The molecule has 126 valence electrons. The average molecular weight is 327 g/mol. The Morgan fingerprint density at radius 2 is 1.96 bits per heavy atom. The second-order valence-electron chi connectivity index (χ2n) is 6.08. The normalized spacial score (nSPS) is 19.9. The topological polar surface area (TPSA) is 73.2 Å². The molecule has 1 amide bonds. The number of para-hydroxylation sites is 2. The first-order valence-corrected chi connectivity index (χ1v) is 8.10. The van der Waals surface area contributed by atoms with Crippen molar-refractivity contribution in [3.63, 3.8) is 0 Å². The molecule has 0 radical (unpaired) electrons. The fourth-order valence-electron chi connectivity index (χ4n) is 3.26. The highest BCUT2D eigenvalue weighted by atomic mass is 16.5. The number of esters is 1. The minimum absolute atomic E-state index is 0.140. The lowest BCUT2D eigenvalue weighted by Crippen LogP contribution is -2.31.